The van der Waals surface area contributed by atoms with Gasteiger partial charge in [-0.15, -0.1) is 11.3 Å². The Morgan fingerprint density at radius 1 is 1.26 bits per heavy atom. The lowest BCUT2D eigenvalue weighted by atomic mass is 9.97. The number of hydrogen-bond donors (Lipinski definition) is 0. The smallest absolute Gasteiger partial charge is 0.309 e. The van der Waals surface area contributed by atoms with Gasteiger partial charge < -0.3 is 9.64 Å². The largest absolute Gasteiger partial charge is 0.459 e. The number of esters is 1. The summed E-state index contributed by atoms with van der Waals surface area (Å²) in [5, 5.41) is 10.9. The number of thiazole rings is 1. The lowest BCUT2D eigenvalue weighted by Crippen LogP contribution is -2.37. The summed E-state index contributed by atoms with van der Waals surface area (Å²) >= 11 is 1.18. The van der Waals surface area contributed by atoms with E-state index in [1.165, 1.54) is 41.5 Å². The minimum Gasteiger partial charge on any atom is -0.459 e. The van der Waals surface area contributed by atoms with Crippen LogP contribution in [0.3, 0.4) is 0 Å². The number of amides is 1. The molecule has 0 aliphatic carbocycles. The van der Waals surface area contributed by atoms with Gasteiger partial charge in [0.05, 0.1) is 22.9 Å². The van der Waals surface area contributed by atoms with Crippen molar-refractivity contribution in [2.24, 2.45) is 5.92 Å². The highest BCUT2D eigenvalue weighted by Gasteiger charge is 2.27. The number of benzene rings is 1. The summed E-state index contributed by atoms with van der Waals surface area (Å²) in [5.74, 6) is -0.625. The Morgan fingerprint density at radius 3 is 2.68 bits per heavy atom. The maximum atomic E-state index is 14.2. The highest BCUT2D eigenvalue weighted by molar-refractivity contribution is 7.14. The third-order valence-electron chi connectivity index (χ3n) is 5.53. The lowest BCUT2D eigenvalue weighted by Gasteiger charge is -2.31. The van der Waals surface area contributed by atoms with Gasteiger partial charge in [-0.05, 0) is 37.1 Å². The normalized spacial score (nSPS) is 13.9. The zero-order chi connectivity index (χ0) is 24.1. The van der Waals surface area contributed by atoms with Gasteiger partial charge in [0.15, 0.2) is 5.13 Å². The second kappa shape index (κ2) is 10.4. The molecule has 174 valence electrons. The summed E-state index contributed by atoms with van der Waals surface area (Å²) in [6.07, 6.45) is 2.81. The highest BCUT2D eigenvalue weighted by Crippen LogP contribution is 2.31. The molecule has 2 aromatic heterocycles. The molecule has 1 aliphatic heterocycles. The van der Waals surface area contributed by atoms with Gasteiger partial charge in [0.25, 0.3) is 0 Å². The van der Waals surface area contributed by atoms with Crippen LogP contribution in [-0.4, -0.2) is 34.9 Å². The molecule has 0 radical (unpaired) electrons. The number of carbonyl (C=O) groups excluding carboxylic acids is 2. The van der Waals surface area contributed by atoms with Crippen molar-refractivity contribution in [2.45, 2.75) is 26.4 Å². The van der Waals surface area contributed by atoms with Crippen LogP contribution in [0, 0.1) is 23.1 Å². The number of pyridine rings is 1. The molecule has 1 saturated heterocycles. The van der Waals surface area contributed by atoms with Crippen LogP contribution in [0.5, 0.6) is 0 Å². The van der Waals surface area contributed by atoms with Gasteiger partial charge in [-0.25, -0.2) is 14.4 Å². The number of para-hydroxylation sites is 1. The van der Waals surface area contributed by atoms with Crippen LogP contribution in [-0.2, 0) is 20.9 Å². The van der Waals surface area contributed by atoms with Gasteiger partial charge in [0.2, 0.25) is 5.91 Å². The molecular weight excluding hydrogens is 457 g/mol. The SMILES string of the molecule is CC(=O)N(c1nc(COC(=O)C2CCN(c3ccc(C#N)cn3)CC2)cs1)c1ccccc1F. The van der Waals surface area contributed by atoms with E-state index in [0.29, 0.717) is 42.3 Å². The van der Waals surface area contributed by atoms with E-state index in [2.05, 4.69) is 14.9 Å². The lowest BCUT2D eigenvalue weighted by molar-refractivity contribution is -0.150. The zero-order valence-electron chi connectivity index (χ0n) is 18.5. The third-order valence-corrected chi connectivity index (χ3v) is 6.41. The summed E-state index contributed by atoms with van der Waals surface area (Å²) < 4.78 is 19.7. The van der Waals surface area contributed by atoms with Gasteiger partial charge in [-0.2, -0.15) is 5.26 Å². The summed E-state index contributed by atoms with van der Waals surface area (Å²) in [7, 11) is 0. The number of aromatic nitrogens is 2. The summed E-state index contributed by atoms with van der Waals surface area (Å²) in [4.78, 5) is 36.7. The van der Waals surface area contributed by atoms with Crippen LogP contribution in [0.1, 0.15) is 31.0 Å². The molecule has 34 heavy (non-hydrogen) atoms. The van der Waals surface area contributed by atoms with E-state index in [-0.39, 0.29) is 30.1 Å². The van der Waals surface area contributed by atoms with E-state index >= 15 is 0 Å². The molecule has 0 unspecified atom stereocenters. The zero-order valence-corrected chi connectivity index (χ0v) is 19.3. The Hall–Kier alpha value is -3.84. The van der Waals surface area contributed by atoms with Gasteiger partial charge in [-0.3, -0.25) is 14.5 Å². The number of halogens is 1. The topological polar surface area (TPSA) is 99.4 Å². The Kier molecular flexibility index (Phi) is 7.13. The van der Waals surface area contributed by atoms with E-state index in [0.717, 1.165) is 5.82 Å². The van der Waals surface area contributed by atoms with E-state index in [9.17, 15) is 14.0 Å². The maximum absolute atomic E-state index is 14.2. The van der Waals surface area contributed by atoms with Crippen molar-refractivity contribution < 1.29 is 18.7 Å². The highest BCUT2D eigenvalue weighted by atomic mass is 32.1. The third kappa shape index (κ3) is 5.21. The van der Waals surface area contributed by atoms with Gasteiger partial charge in [-0.1, -0.05) is 12.1 Å². The Balaban J connectivity index is 1.32. The van der Waals surface area contributed by atoms with Crippen LogP contribution < -0.4 is 9.80 Å². The van der Waals surface area contributed by atoms with E-state index in [1.54, 1.807) is 23.6 Å². The number of ether oxygens (including phenoxy) is 1. The molecule has 0 atom stereocenters. The van der Waals surface area contributed by atoms with Gasteiger partial charge in [0.1, 0.15) is 24.3 Å². The fourth-order valence-electron chi connectivity index (χ4n) is 3.75. The predicted molar refractivity (Wildman–Crippen MR) is 125 cm³/mol. The fourth-order valence-corrected chi connectivity index (χ4v) is 4.62. The van der Waals surface area contributed by atoms with Crippen molar-refractivity contribution in [2.75, 3.05) is 22.9 Å². The molecule has 1 aliphatic rings. The van der Waals surface area contributed by atoms with Crippen LogP contribution in [0.2, 0.25) is 0 Å². The van der Waals surface area contributed by atoms with Crippen molar-refractivity contribution in [1.29, 1.82) is 5.26 Å². The molecule has 1 aromatic carbocycles. The number of nitriles is 1. The second-order valence-electron chi connectivity index (χ2n) is 7.81. The average molecular weight is 480 g/mol. The Morgan fingerprint density at radius 2 is 2.03 bits per heavy atom. The number of carbonyl (C=O) groups is 2. The molecule has 4 rings (SSSR count). The first kappa shape index (κ1) is 23.3. The number of piperidine rings is 1. The quantitative estimate of drug-likeness (QED) is 0.489. The second-order valence-corrected chi connectivity index (χ2v) is 8.65. The first-order chi connectivity index (χ1) is 16.5. The first-order valence-corrected chi connectivity index (χ1v) is 11.6. The molecule has 0 saturated carbocycles. The number of nitrogens with zero attached hydrogens (tertiary/aromatic N) is 5. The van der Waals surface area contributed by atoms with Crippen LogP contribution in [0.25, 0.3) is 0 Å². The predicted octanol–water partition coefficient (Wildman–Crippen LogP) is 4.19. The molecular formula is C24H22FN5O3S. The molecule has 8 nitrogen and oxygen atoms in total. The monoisotopic (exact) mass is 479 g/mol. The van der Waals surface area contributed by atoms with Crippen molar-refractivity contribution >= 4 is 39.9 Å². The average Bonchev–Trinajstić information content (AvgIpc) is 3.32. The number of rotatable bonds is 6. The summed E-state index contributed by atoms with van der Waals surface area (Å²) in [6.45, 7) is 2.65. The van der Waals surface area contributed by atoms with Crippen LogP contribution in [0.4, 0.5) is 21.0 Å². The van der Waals surface area contributed by atoms with E-state index in [4.69, 9.17) is 10.00 Å². The molecule has 3 aromatic rings. The molecule has 1 fully saturated rings. The molecule has 1 amide bonds. The standard InChI is InChI=1S/C24H22FN5O3S/c1-16(31)30(21-5-3-2-4-20(21)25)24-28-19(15-34-24)14-33-23(32)18-8-10-29(11-9-18)22-7-6-17(12-26)13-27-22/h2-7,13,15,18H,8-11,14H2,1H3. The number of anilines is 3. The molecule has 0 bridgehead atoms. The maximum Gasteiger partial charge on any atom is 0.309 e. The Labute approximate surface area is 200 Å². The van der Waals surface area contributed by atoms with Crippen molar-refractivity contribution in [3.63, 3.8) is 0 Å². The van der Waals surface area contributed by atoms with Crippen molar-refractivity contribution in [1.82, 2.24) is 9.97 Å². The van der Waals surface area contributed by atoms with E-state index in [1.807, 2.05) is 12.1 Å². The molecule has 0 spiro atoms. The van der Waals surface area contributed by atoms with Gasteiger partial charge >= 0.3 is 5.97 Å². The van der Waals surface area contributed by atoms with Crippen LogP contribution >= 0.6 is 11.3 Å². The molecule has 0 N–H and O–H groups in total. The minimum absolute atomic E-state index is 0.0181. The van der Waals surface area contributed by atoms with Crippen molar-refractivity contribution in [3.8, 4) is 6.07 Å². The van der Waals surface area contributed by atoms with E-state index < -0.39 is 5.82 Å². The summed E-state index contributed by atoms with van der Waals surface area (Å²) in [6, 6.07) is 11.6. The van der Waals surface area contributed by atoms with Crippen molar-refractivity contribution in [3.05, 3.63) is 65.0 Å². The first-order valence-electron chi connectivity index (χ1n) is 10.7. The van der Waals surface area contributed by atoms with Crippen LogP contribution in [0.15, 0.2) is 48.0 Å². The molecule has 3 heterocycles. The Bertz CT molecular complexity index is 1220. The summed E-state index contributed by atoms with van der Waals surface area (Å²) in [5.41, 5.74) is 1.12. The number of hydrogen-bond acceptors (Lipinski definition) is 8. The van der Waals surface area contributed by atoms with Gasteiger partial charge in [0, 0.05) is 31.6 Å². The molecule has 10 heteroatoms. The minimum atomic E-state index is -0.525. The fraction of sp³-hybridized carbons (Fsp3) is 0.292.